The van der Waals surface area contributed by atoms with Crippen molar-refractivity contribution in [2.75, 3.05) is 10.6 Å². The summed E-state index contributed by atoms with van der Waals surface area (Å²) in [6.07, 6.45) is 7.83. The number of hydrogen-bond acceptors (Lipinski definition) is 5. The van der Waals surface area contributed by atoms with E-state index in [9.17, 15) is 0 Å². The molecule has 1 aliphatic rings. The van der Waals surface area contributed by atoms with E-state index in [1.165, 1.54) is 32.1 Å². The van der Waals surface area contributed by atoms with Crippen molar-refractivity contribution in [2.24, 2.45) is 0 Å². The summed E-state index contributed by atoms with van der Waals surface area (Å²) in [6, 6.07) is 6.21. The maximum absolute atomic E-state index is 6.14. The minimum absolute atomic E-state index is 0.457. The van der Waals surface area contributed by atoms with Gasteiger partial charge in [-0.3, -0.25) is 0 Å². The molecule has 5 nitrogen and oxygen atoms in total. The number of benzene rings is 1. The number of hydrogen-bond donors (Lipinski definition) is 2. The Hall–Kier alpha value is -1.88. The van der Waals surface area contributed by atoms with Crippen molar-refractivity contribution in [2.45, 2.75) is 45.1 Å². The molecule has 1 aromatic carbocycles. The molecule has 1 saturated carbocycles. The summed E-state index contributed by atoms with van der Waals surface area (Å²) >= 11 is 6.14. The fraction of sp³-hybridized carbons (Fsp3) is 0.438. The lowest BCUT2D eigenvalue weighted by Gasteiger charge is -2.22. The highest BCUT2D eigenvalue weighted by Crippen LogP contribution is 2.25. The zero-order valence-corrected chi connectivity index (χ0v) is 13.4. The standard InChI is InChI=1S/C16H20ClN5/c1-11-13(17)8-5-9-14(11)20-15-10-18-22-16(21-15)19-12-6-3-2-4-7-12/h5,8-10,12H,2-4,6-7H2,1H3,(H2,19,20,21,22). The van der Waals surface area contributed by atoms with Gasteiger partial charge in [-0.25, -0.2) is 0 Å². The second kappa shape index (κ2) is 6.92. The lowest BCUT2D eigenvalue weighted by Crippen LogP contribution is -2.23. The number of anilines is 3. The minimum atomic E-state index is 0.457. The molecule has 2 N–H and O–H groups in total. The van der Waals surface area contributed by atoms with Crippen LogP contribution in [0.15, 0.2) is 24.4 Å². The number of rotatable bonds is 4. The van der Waals surface area contributed by atoms with Gasteiger partial charge >= 0.3 is 0 Å². The van der Waals surface area contributed by atoms with Crippen LogP contribution in [0.3, 0.4) is 0 Å². The lowest BCUT2D eigenvalue weighted by atomic mass is 9.96. The Kier molecular flexibility index (Phi) is 4.73. The molecule has 0 saturated heterocycles. The molecule has 0 bridgehead atoms. The van der Waals surface area contributed by atoms with Crippen LogP contribution < -0.4 is 10.6 Å². The molecule has 0 spiro atoms. The lowest BCUT2D eigenvalue weighted by molar-refractivity contribution is 0.460. The van der Waals surface area contributed by atoms with Gasteiger partial charge in [-0.15, -0.1) is 5.10 Å². The normalized spacial score (nSPS) is 15.5. The molecule has 1 fully saturated rings. The summed E-state index contributed by atoms with van der Waals surface area (Å²) in [7, 11) is 0. The van der Waals surface area contributed by atoms with E-state index in [1.54, 1.807) is 6.20 Å². The zero-order valence-electron chi connectivity index (χ0n) is 12.6. The third-order valence-corrected chi connectivity index (χ3v) is 4.44. The number of aromatic nitrogens is 3. The average molecular weight is 318 g/mol. The molecule has 0 unspecified atom stereocenters. The largest absolute Gasteiger partial charge is 0.350 e. The second-order valence-corrected chi connectivity index (χ2v) is 6.09. The predicted octanol–water partition coefficient (Wildman–Crippen LogP) is 4.32. The third kappa shape index (κ3) is 3.65. The maximum Gasteiger partial charge on any atom is 0.244 e. The Labute approximate surface area is 135 Å². The van der Waals surface area contributed by atoms with E-state index in [2.05, 4.69) is 25.8 Å². The molecule has 0 amide bonds. The van der Waals surface area contributed by atoms with Crippen LogP contribution in [0.25, 0.3) is 0 Å². The molecule has 0 atom stereocenters. The van der Waals surface area contributed by atoms with Gasteiger partial charge in [0.1, 0.15) is 0 Å². The number of nitrogens with one attached hydrogen (secondary N) is 2. The average Bonchev–Trinajstić information content (AvgIpc) is 2.53. The maximum atomic E-state index is 6.14. The highest BCUT2D eigenvalue weighted by Gasteiger charge is 2.14. The van der Waals surface area contributed by atoms with E-state index in [-0.39, 0.29) is 0 Å². The predicted molar refractivity (Wildman–Crippen MR) is 89.8 cm³/mol. The van der Waals surface area contributed by atoms with Gasteiger partial charge in [-0.2, -0.15) is 10.1 Å². The van der Waals surface area contributed by atoms with Crippen molar-refractivity contribution in [3.63, 3.8) is 0 Å². The molecule has 0 aliphatic heterocycles. The van der Waals surface area contributed by atoms with Crippen LogP contribution >= 0.6 is 11.6 Å². The molecule has 1 heterocycles. The topological polar surface area (TPSA) is 62.7 Å². The Morgan fingerprint density at radius 3 is 2.82 bits per heavy atom. The Balaban J connectivity index is 1.72. The quantitative estimate of drug-likeness (QED) is 0.879. The van der Waals surface area contributed by atoms with Crippen molar-refractivity contribution >= 4 is 29.1 Å². The summed E-state index contributed by atoms with van der Waals surface area (Å²) < 4.78 is 0. The van der Waals surface area contributed by atoms with Gasteiger partial charge in [0.15, 0.2) is 5.82 Å². The van der Waals surface area contributed by atoms with Gasteiger partial charge in [-0.05, 0) is 37.5 Å². The first-order valence-electron chi connectivity index (χ1n) is 7.71. The van der Waals surface area contributed by atoms with Crippen molar-refractivity contribution in [3.05, 3.63) is 35.0 Å². The molecule has 2 aromatic rings. The van der Waals surface area contributed by atoms with Crippen LogP contribution in [0.1, 0.15) is 37.7 Å². The van der Waals surface area contributed by atoms with Crippen LogP contribution in [-0.2, 0) is 0 Å². The highest BCUT2D eigenvalue weighted by atomic mass is 35.5. The molecule has 6 heteroatoms. The molecule has 3 rings (SSSR count). The molecular formula is C16H20ClN5. The van der Waals surface area contributed by atoms with Crippen LogP contribution in [0.4, 0.5) is 17.5 Å². The molecule has 0 radical (unpaired) electrons. The van der Waals surface area contributed by atoms with Crippen LogP contribution in [-0.4, -0.2) is 21.2 Å². The van der Waals surface area contributed by atoms with Gasteiger partial charge < -0.3 is 10.6 Å². The van der Waals surface area contributed by atoms with E-state index in [0.717, 1.165) is 16.3 Å². The van der Waals surface area contributed by atoms with Gasteiger partial charge in [0, 0.05) is 16.8 Å². The Bertz CT molecular complexity index is 640. The van der Waals surface area contributed by atoms with Crippen LogP contribution in [0, 0.1) is 6.92 Å². The van der Waals surface area contributed by atoms with Crippen molar-refractivity contribution in [1.29, 1.82) is 0 Å². The first kappa shape index (κ1) is 15.0. The summed E-state index contributed by atoms with van der Waals surface area (Å²) in [5.74, 6) is 1.25. The van der Waals surface area contributed by atoms with Gasteiger partial charge in [0.25, 0.3) is 0 Å². The summed E-state index contributed by atoms with van der Waals surface area (Å²) in [6.45, 7) is 1.97. The Morgan fingerprint density at radius 1 is 1.18 bits per heavy atom. The van der Waals surface area contributed by atoms with E-state index >= 15 is 0 Å². The van der Waals surface area contributed by atoms with Gasteiger partial charge in [-0.1, -0.05) is 36.9 Å². The highest BCUT2D eigenvalue weighted by molar-refractivity contribution is 6.31. The number of halogens is 1. The fourth-order valence-electron chi connectivity index (χ4n) is 2.74. The molecule has 116 valence electrons. The van der Waals surface area contributed by atoms with Gasteiger partial charge in [0.05, 0.1) is 6.20 Å². The smallest absolute Gasteiger partial charge is 0.244 e. The molecule has 1 aromatic heterocycles. The Morgan fingerprint density at radius 2 is 2.00 bits per heavy atom. The fourth-order valence-corrected chi connectivity index (χ4v) is 2.91. The van der Waals surface area contributed by atoms with Crippen molar-refractivity contribution in [1.82, 2.24) is 15.2 Å². The minimum Gasteiger partial charge on any atom is -0.350 e. The first-order chi connectivity index (χ1) is 10.7. The zero-order chi connectivity index (χ0) is 15.4. The van der Waals surface area contributed by atoms with E-state index < -0.39 is 0 Å². The second-order valence-electron chi connectivity index (χ2n) is 5.68. The van der Waals surface area contributed by atoms with Gasteiger partial charge in [0.2, 0.25) is 5.95 Å². The van der Waals surface area contributed by atoms with E-state index in [1.807, 2.05) is 25.1 Å². The van der Waals surface area contributed by atoms with E-state index in [0.29, 0.717) is 17.8 Å². The van der Waals surface area contributed by atoms with E-state index in [4.69, 9.17) is 11.6 Å². The van der Waals surface area contributed by atoms with Crippen molar-refractivity contribution in [3.8, 4) is 0 Å². The number of nitrogens with zero attached hydrogens (tertiary/aromatic N) is 3. The molecular weight excluding hydrogens is 298 g/mol. The van der Waals surface area contributed by atoms with Crippen LogP contribution in [0.2, 0.25) is 5.02 Å². The summed E-state index contributed by atoms with van der Waals surface area (Å²) in [4.78, 5) is 4.49. The SMILES string of the molecule is Cc1c(Cl)cccc1Nc1cnnc(NC2CCCCC2)n1. The first-order valence-corrected chi connectivity index (χ1v) is 8.08. The van der Waals surface area contributed by atoms with Crippen molar-refractivity contribution < 1.29 is 0 Å². The van der Waals surface area contributed by atoms with Crippen LogP contribution in [0.5, 0.6) is 0 Å². The molecule has 1 aliphatic carbocycles. The summed E-state index contributed by atoms with van der Waals surface area (Å²) in [5, 5.41) is 15.5. The summed E-state index contributed by atoms with van der Waals surface area (Å²) in [5.41, 5.74) is 1.92. The molecule has 22 heavy (non-hydrogen) atoms. The monoisotopic (exact) mass is 317 g/mol. The third-order valence-electron chi connectivity index (χ3n) is 4.03.